The molecule has 156 valence electrons. The first-order chi connectivity index (χ1) is 12.6. The molecule has 1 rings (SSSR count). The summed E-state index contributed by atoms with van der Waals surface area (Å²) in [5, 5.41) is 16.0. The molecular formula is C20H36IN3O3. The molecule has 3 N–H and O–H groups in total. The van der Waals surface area contributed by atoms with Crippen molar-refractivity contribution in [2.24, 2.45) is 10.4 Å². The van der Waals surface area contributed by atoms with Gasteiger partial charge in [-0.25, -0.2) is 0 Å². The van der Waals surface area contributed by atoms with Crippen molar-refractivity contribution >= 4 is 35.6 Å². The number of rotatable bonds is 11. The molecule has 0 heterocycles. The first kappa shape index (κ1) is 25.8. The van der Waals surface area contributed by atoms with Gasteiger partial charge in [-0.3, -0.25) is 4.99 Å². The molecule has 7 heteroatoms. The summed E-state index contributed by atoms with van der Waals surface area (Å²) in [4.78, 5) is 4.77. The highest BCUT2D eigenvalue weighted by molar-refractivity contribution is 14.0. The number of benzene rings is 1. The van der Waals surface area contributed by atoms with Crippen molar-refractivity contribution in [3.05, 3.63) is 18.2 Å². The third-order valence-electron chi connectivity index (χ3n) is 4.79. The number of methoxy groups -OCH3 is 1. The summed E-state index contributed by atoms with van der Waals surface area (Å²) < 4.78 is 11.0. The topological polar surface area (TPSA) is 75.1 Å². The van der Waals surface area contributed by atoms with Crippen molar-refractivity contribution in [3.63, 3.8) is 0 Å². The van der Waals surface area contributed by atoms with Gasteiger partial charge in [0.1, 0.15) is 0 Å². The lowest BCUT2D eigenvalue weighted by Crippen LogP contribution is -2.33. The molecule has 6 nitrogen and oxygen atoms in total. The zero-order valence-corrected chi connectivity index (χ0v) is 19.6. The summed E-state index contributed by atoms with van der Waals surface area (Å²) in [6.07, 6.45) is 2.74. The number of aliphatic hydroxyl groups is 1. The fourth-order valence-corrected chi connectivity index (χ4v) is 2.85. The van der Waals surface area contributed by atoms with E-state index in [9.17, 15) is 5.11 Å². The SMILES string of the molecule is CCNC(=NCC(CC)(CC)CCO)Nc1ccc(OCC)c(OC)c1.I. The zero-order chi connectivity index (χ0) is 19.4. The fraction of sp³-hybridized carbons (Fsp3) is 0.650. The van der Waals surface area contributed by atoms with Crippen LogP contribution in [-0.4, -0.2) is 44.5 Å². The molecule has 0 radical (unpaired) electrons. The first-order valence-electron chi connectivity index (χ1n) is 9.55. The van der Waals surface area contributed by atoms with Crippen LogP contribution in [0.5, 0.6) is 11.5 Å². The molecule has 0 aliphatic carbocycles. The smallest absolute Gasteiger partial charge is 0.195 e. The summed E-state index contributed by atoms with van der Waals surface area (Å²) >= 11 is 0. The molecule has 0 fully saturated rings. The molecule has 0 aromatic heterocycles. The lowest BCUT2D eigenvalue weighted by atomic mass is 9.79. The van der Waals surface area contributed by atoms with Crippen molar-refractivity contribution in [2.75, 3.05) is 38.7 Å². The van der Waals surface area contributed by atoms with E-state index in [-0.39, 0.29) is 36.0 Å². The van der Waals surface area contributed by atoms with Crippen LogP contribution in [-0.2, 0) is 0 Å². The van der Waals surface area contributed by atoms with E-state index in [4.69, 9.17) is 14.5 Å². The van der Waals surface area contributed by atoms with Crippen molar-refractivity contribution < 1.29 is 14.6 Å². The van der Waals surface area contributed by atoms with Gasteiger partial charge in [0, 0.05) is 31.5 Å². The quantitative estimate of drug-likeness (QED) is 0.244. The highest BCUT2D eigenvalue weighted by atomic mass is 127. The Morgan fingerprint density at radius 1 is 1.15 bits per heavy atom. The Kier molecular flexibility index (Phi) is 13.2. The van der Waals surface area contributed by atoms with Gasteiger partial charge in [0.05, 0.1) is 13.7 Å². The highest BCUT2D eigenvalue weighted by Gasteiger charge is 2.25. The normalized spacial score (nSPS) is 11.6. The van der Waals surface area contributed by atoms with Gasteiger partial charge in [-0.1, -0.05) is 13.8 Å². The van der Waals surface area contributed by atoms with Crippen molar-refractivity contribution in [1.29, 1.82) is 0 Å². The predicted molar refractivity (Wildman–Crippen MR) is 124 cm³/mol. The van der Waals surface area contributed by atoms with E-state index in [2.05, 4.69) is 24.5 Å². The largest absolute Gasteiger partial charge is 0.493 e. The maximum atomic E-state index is 9.39. The Morgan fingerprint density at radius 2 is 1.85 bits per heavy atom. The van der Waals surface area contributed by atoms with Crippen LogP contribution in [0.15, 0.2) is 23.2 Å². The van der Waals surface area contributed by atoms with Crippen LogP contribution in [0.4, 0.5) is 5.69 Å². The van der Waals surface area contributed by atoms with E-state index in [0.717, 1.165) is 43.2 Å². The van der Waals surface area contributed by atoms with Crippen molar-refractivity contribution in [1.82, 2.24) is 5.32 Å². The molecule has 0 unspecified atom stereocenters. The second-order valence-electron chi connectivity index (χ2n) is 6.30. The minimum atomic E-state index is 0. The van der Waals surface area contributed by atoms with Crippen molar-refractivity contribution in [2.45, 2.75) is 47.0 Å². The Bertz CT molecular complexity index is 563. The fourth-order valence-electron chi connectivity index (χ4n) is 2.85. The summed E-state index contributed by atoms with van der Waals surface area (Å²) in [5.41, 5.74) is 0.916. The molecule has 0 aliphatic rings. The lowest BCUT2D eigenvalue weighted by molar-refractivity contribution is 0.175. The second-order valence-corrected chi connectivity index (χ2v) is 6.30. The van der Waals surface area contributed by atoms with Gasteiger partial charge in [-0.05, 0) is 50.7 Å². The number of aliphatic hydroxyl groups excluding tert-OH is 1. The third kappa shape index (κ3) is 8.13. The Morgan fingerprint density at radius 3 is 2.37 bits per heavy atom. The van der Waals surface area contributed by atoms with E-state index in [1.54, 1.807) is 7.11 Å². The molecule has 0 saturated heterocycles. The number of guanidine groups is 1. The van der Waals surface area contributed by atoms with Crippen molar-refractivity contribution in [3.8, 4) is 11.5 Å². The molecule has 0 bridgehead atoms. The van der Waals surface area contributed by atoms with Gasteiger partial charge in [0.25, 0.3) is 0 Å². The number of hydrogen-bond acceptors (Lipinski definition) is 4. The maximum Gasteiger partial charge on any atom is 0.195 e. The van der Waals surface area contributed by atoms with Crippen LogP contribution in [0, 0.1) is 5.41 Å². The summed E-state index contributed by atoms with van der Waals surface area (Å²) in [6.45, 7) is 10.5. The van der Waals surface area contributed by atoms with Gasteiger partial charge < -0.3 is 25.2 Å². The second kappa shape index (κ2) is 13.9. The van der Waals surface area contributed by atoms with Gasteiger partial charge >= 0.3 is 0 Å². The lowest BCUT2D eigenvalue weighted by Gasteiger charge is -2.29. The number of aliphatic imine (C=N–C) groups is 1. The molecule has 1 aromatic carbocycles. The number of anilines is 1. The van der Waals surface area contributed by atoms with Crippen LogP contribution in [0.3, 0.4) is 0 Å². The Hall–Kier alpha value is -1.22. The molecule has 27 heavy (non-hydrogen) atoms. The zero-order valence-electron chi connectivity index (χ0n) is 17.3. The van der Waals surface area contributed by atoms with Crippen LogP contribution < -0.4 is 20.1 Å². The summed E-state index contributed by atoms with van der Waals surface area (Å²) in [6, 6.07) is 5.74. The first-order valence-corrected chi connectivity index (χ1v) is 9.55. The number of ether oxygens (including phenoxy) is 2. The number of halogens is 1. The molecule has 0 atom stereocenters. The summed E-state index contributed by atoms with van der Waals surface area (Å²) in [7, 11) is 1.63. The molecule has 1 aromatic rings. The minimum absolute atomic E-state index is 0. The Balaban J connectivity index is 0.00000676. The van der Waals surface area contributed by atoms with E-state index in [0.29, 0.717) is 18.9 Å². The monoisotopic (exact) mass is 493 g/mol. The van der Waals surface area contributed by atoms with Crippen LogP contribution in [0.1, 0.15) is 47.0 Å². The molecular weight excluding hydrogens is 457 g/mol. The standard InChI is InChI=1S/C20H35N3O3.HI/c1-6-20(7-2,12-13-24)15-22-19(21-8-3)23-16-10-11-17(26-9-4)18(14-16)25-5;/h10-11,14,24H,6-9,12-13,15H2,1-5H3,(H2,21,22,23);1H. The van der Waals surface area contributed by atoms with Gasteiger partial charge in [-0.15, -0.1) is 24.0 Å². The highest BCUT2D eigenvalue weighted by Crippen LogP contribution is 2.31. The minimum Gasteiger partial charge on any atom is -0.493 e. The van der Waals surface area contributed by atoms with Crippen LogP contribution >= 0.6 is 24.0 Å². The average Bonchev–Trinajstić information content (AvgIpc) is 2.66. The maximum absolute atomic E-state index is 9.39. The van der Waals surface area contributed by atoms with Gasteiger partial charge in [-0.2, -0.15) is 0 Å². The van der Waals surface area contributed by atoms with E-state index >= 15 is 0 Å². The van der Waals surface area contributed by atoms with Crippen LogP contribution in [0.2, 0.25) is 0 Å². The van der Waals surface area contributed by atoms with Gasteiger partial charge in [0.2, 0.25) is 0 Å². The van der Waals surface area contributed by atoms with E-state index < -0.39 is 0 Å². The van der Waals surface area contributed by atoms with Crippen LogP contribution in [0.25, 0.3) is 0 Å². The Labute approximate surface area is 181 Å². The third-order valence-corrected chi connectivity index (χ3v) is 4.79. The number of nitrogens with zero attached hydrogens (tertiary/aromatic N) is 1. The predicted octanol–water partition coefficient (Wildman–Crippen LogP) is 4.28. The molecule has 0 aliphatic heterocycles. The van der Waals surface area contributed by atoms with E-state index in [1.165, 1.54) is 0 Å². The summed E-state index contributed by atoms with van der Waals surface area (Å²) in [5.74, 6) is 2.13. The molecule has 0 amide bonds. The number of nitrogens with one attached hydrogen (secondary N) is 2. The van der Waals surface area contributed by atoms with Gasteiger partial charge in [0.15, 0.2) is 17.5 Å². The average molecular weight is 493 g/mol. The molecule has 0 spiro atoms. The van der Waals surface area contributed by atoms with E-state index in [1.807, 2.05) is 32.0 Å². The number of hydrogen-bond donors (Lipinski definition) is 3. The molecule has 0 saturated carbocycles.